The summed E-state index contributed by atoms with van der Waals surface area (Å²) >= 11 is 0. The van der Waals surface area contributed by atoms with Crippen molar-refractivity contribution >= 4 is 5.91 Å². The van der Waals surface area contributed by atoms with Crippen LogP contribution in [0.15, 0.2) is 0 Å². The third-order valence-corrected chi connectivity index (χ3v) is 2.81. The third kappa shape index (κ3) is 4.18. The van der Waals surface area contributed by atoms with Gasteiger partial charge in [-0.15, -0.1) is 0 Å². The lowest BCUT2D eigenvalue weighted by atomic mass is 9.89. The summed E-state index contributed by atoms with van der Waals surface area (Å²) < 4.78 is 5.18. The Labute approximate surface area is 91.8 Å². The van der Waals surface area contributed by atoms with E-state index in [2.05, 4.69) is 10.6 Å². The summed E-state index contributed by atoms with van der Waals surface area (Å²) in [7, 11) is 1.75. The number of carbonyl (C=O) groups is 1. The van der Waals surface area contributed by atoms with E-state index in [9.17, 15) is 4.79 Å². The van der Waals surface area contributed by atoms with E-state index in [4.69, 9.17) is 4.74 Å². The molecule has 0 bridgehead atoms. The maximum atomic E-state index is 11.2. The van der Waals surface area contributed by atoms with Crippen LogP contribution in [0.1, 0.15) is 26.7 Å². The van der Waals surface area contributed by atoms with Crippen molar-refractivity contribution < 1.29 is 9.53 Å². The first-order chi connectivity index (χ1) is 7.13. The zero-order valence-corrected chi connectivity index (χ0v) is 9.88. The van der Waals surface area contributed by atoms with Crippen molar-refractivity contribution in [3.63, 3.8) is 0 Å². The molecule has 15 heavy (non-hydrogen) atoms. The van der Waals surface area contributed by atoms with Crippen molar-refractivity contribution in [3.05, 3.63) is 0 Å². The molecule has 0 atom stereocenters. The van der Waals surface area contributed by atoms with Crippen LogP contribution in [0, 0.1) is 5.92 Å². The zero-order valence-electron chi connectivity index (χ0n) is 9.88. The molecule has 88 valence electrons. The van der Waals surface area contributed by atoms with Crippen molar-refractivity contribution in [3.8, 4) is 0 Å². The van der Waals surface area contributed by atoms with Gasteiger partial charge in [0.1, 0.15) is 0 Å². The Morgan fingerprint density at radius 2 is 2.07 bits per heavy atom. The van der Waals surface area contributed by atoms with E-state index in [0.717, 1.165) is 19.4 Å². The molecule has 0 spiro atoms. The first-order valence-electron chi connectivity index (χ1n) is 5.67. The Hall–Kier alpha value is -0.610. The minimum Gasteiger partial charge on any atom is -0.381 e. The van der Waals surface area contributed by atoms with Crippen LogP contribution in [0.2, 0.25) is 0 Å². The van der Waals surface area contributed by atoms with Crippen molar-refractivity contribution in [2.75, 3.05) is 20.2 Å². The van der Waals surface area contributed by atoms with Gasteiger partial charge in [0.25, 0.3) is 0 Å². The van der Waals surface area contributed by atoms with Gasteiger partial charge in [0, 0.05) is 32.2 Å². The molecule has 0 saturated heterocycles. The lowest BCUT2D eigenvalue weighted by Crippen LogP contribution is -2.47. The van der Waals surface area contributed by atoms with E-state index in [1.165, 1.54) is 0 Å². The summed E-state index contributed by atoms with van der Waals surface area (Å²) in [4.78, 5) is 11.2. The number of ether oxygens (including phenoxy) is 1. The summed E-state index contributed by atoms with van der Waals surface area (Å²) in [5, 5.41) is 6.26. The molecule has 4 heteroatoms. The average molecular weight is 214 g/mol. The summed E-state index contributed by atoms with van der Waals surface area (Å²) in [6, 6.07) is 0.575. The summed E-state index contributed by atoms with van der Waals surface area (Å²) in [5.41, 5.74) is 0. The third-order valence-electron chi connectivity index (χ3n) is 2.81. The lowest BCUT2D eigenvalue weighted by Gasteiger charge is -2.34. The second kappa shape index (κ2) is 6.08. The molecule has 1 rings (SSSR count). The number of amides is 1. The molecular weight excluding hydrogens is 192 g/mol. The maximum Gasteiger partial charge on any atom is 0.222 e. The number of methoxy groups -OCH3 is 1. The van der Waals surface area contributed by atoms with Gasteiger partial charge in [-0.3, -0.25) is 4.79 Å². The molecule has 2 N–H and O–H groups in total. The highest BCUT2D eigenvalue weighted by molar-refractivity contribution is 5.77. The van der Waals surface area contributed by atoms with Gasteiger partial charge in [0.05, 0.1) is 6.10 Å². The van der Waals surface area contributed by atoms with Gasteiger partial charge in [-0.25, -0.2) is 0 Å². The molecule has 0 aliphatic heterocycles. The Kier molecular flexibility index (Phi) is 5.05. The Morgan fingerprint density at radius 3 is 2.60 bits per heavy atom. The smallest absolute Gasteiger partial charge is 0.222 e. The molecule has 0 aromatic rings. The Morgan fingerprint density at radius 1 is 1.40 bits per heavy atom. The van der Waals surface area contributed by atoms with Crippen LogP contribution in [-0.4, -0.2) is 38.3 Å². The predicted molar refractivity (Wildman–Crippen MR) is 59.7 cm³/mol. The van der Waals surface area contributed by atoms with Crippen molar-refractivity contribution in [1.82, 2.24) is 10.6 Å². The average Bonchev–Trinajstić information content (AvgIpc) is 2.14. The molecule has 1 amide bonds. The van der Waals surface area contributed by atoms with Gasteiger partial charge in [-0.1, -0.05) is 13.8 Å². The highest BCUT2D eigenvalue weighted by Gasteiger charge is 2.27. The van der Waals surface area contributed by atoms with E-state index in [0.29, 0.717) is 18.7 Å². The van der Waals surface area contributed by atoms with E-state index in [1.807, 2.05) is 13.8 Å². The van der Waals surface area contributed by atoms with Gasteiger partial charge >= 0.3 is 0 Å². The fraction of sp³-hybridized carbons (Fsp3) is 0.909. The number of carbonyl (C=O) groups excluding carboxylic acids is 1. The van der Waals surface area contributed by atoms with E-state index in [1.54, 1.807) is 7.11 Å². The largest absolute Gasteiger partial charge is 0.381 e. The van der Waals surface area contributed by atoms with Gasteiger partial charge < -0.3 is 15.4 Å². The van der Waals surface area contributed by atoms with Crippen LogP contribution in [0.5, 0.6) is 0 Å². The minimum atomic E-state index is 0.0755. The standard InChI is InChI=1S/C11H22N2O2/c1-8(2)11(14)13-5-4-12-9-6-10(7-9)15-3/h8-10,12H,4-7H2,1-3H3,(H,13,14). The summed E-state index contributed by atoms with van der Waals surface area (Å²) in [6.45, 7) is 5.36. The van der Waals surface area contributed by atoms with Crippen LogP contribution in [-0.2, 0) is 9.53 Å². The zero-order chi connectivity index (χ0) is 11.3. The van der Waals surface area contributed by atoms with E-state index >= 15 is 0 Å². The molecular formula is C11H22N2O2. The second-order valence-corrected chi connectivity index (χ2v) is 4.43. The molecule has 4 nitrogen and oxygen atoms in total. The summed E-state index contributed by atoms with van der Waals surface area (Å²) in [6.07, 6.45) is 2.62. The van der Waals surface area contributed by atoms with Crippen LogP contribution in [0.3, 0.4) is 0 Å². The van der Waals surface area contributed by atoms with Crippen LogP contribution >= 0.6 is 0 Å². The predicted octanol–water partition coefficient (Wildman–Crippen LogP) is 0.526. The molecule has 1 aliphatic carbocycles. The minimum absolute atomic E-state index is 0.0755. The molecule has 0 unspecified atom stereocenters. The first-order valence-corrected chi connectivity index (χ1v) is 5.67. The van der Waals surface area contributed by atoms with E-state index in [-0.39, 0.29) is 11.8 Å². The monoisotopic (exact) mass is 214 g/mol. The molecule has 1 aliphatic rings. The number of hydrogen-bond acceptors (Lipinski definition) is 3. The van der Waals surface area contributed by atoms with Gasteiger partial charge in [-0.2, -0.15) is 0 Å². The highest BCUT2D eigenvalue weighted by atomic mass is 16.5. The van der Waals surface area contributed by atoms with Crippen LogP contribution in [0.25, 0.3) is 0 Å². The summed E-state index contributed by atoms with van der Waals surface area (Å²) in [5.74, 6) is 0.201. The van der Waals surface area contributed by atoms with E-state index < -0.39 is 0 Å². The second-order valence-electron chi connectivity index (χ2n) is 4.43. The van der Waals surface area contributed by atoms with Gasteiger partial charge in [-0.05, 0) is 12.8 Å². The van der Waals surface area contributed by atoms with Crippen molar-refractivity contribution in [1.29, 1.82) is 0 Å². The molecule has 0 aromatic heterocycles. The SMILES string of the molecule is COC1CC(NCCNC(=O)C(C)C)C1. The topological polar surface area (TPSA) is 50.4 Å². The highest BCUT2D eigenvalue weighted by Crippen LogP contribution is 2.21. The Bertz CT molecular complexity index is 201. The lowest BCUT2D eigenvalue weighted by molar-refractivity contribution is -0.123. The van der Waals surface area contributed by atoms with Crippen molar-refractivity contribution in [2.24, 2.45) is 5.92 Å². The first kappa shape index (κ1) is 12.5. The fourth-order valence-electron chi connectivity index (χ4n) is 1.59. The fourth-order valence-corrected chi connectivity index (χ4v) is 1.59. The molecule has 1 fully saturated rings. The normalized spacial score (nSPS) is 25.1. The quantitative estimate of drug-likeness (QED) is 0.634. The van der Waals surface area contributed by atoms with Gasteiger partial charge in [0.2, 0.25) is 5.91 Å². The maximum absolute atomic E-state index is 11.2. The van der Waals surface area contributed by atoms with Crippen molar-refractivity contribution in [2.45, 2.75) is 38.8 Å². The van der Waals surface area contributed by atoms with Gasteiger partial charge in [0.15, 0.2) is 0 Å². The molecule has 1 saturated carbocycles. The Balaban J connectivity index is 1.92. The molecule has 0 radical (unpaired) electrons. The number of rotatable bonds is 6. The molecule has 0 aromatic carbocycles. The number of hydrogen-bond donors (Lipinski definition) is 2. The van der Waals surface area contributed by atoms with Crippen LogP contribution < -0.4 is 10.6 Å². The molecule has 0 heterocycles. The van der Waals surface area contributed by atoms with Crippen LogP contribution in [0.4, 0.5) is 0 Å². The number of nitrogens with one attached hydrogen (secondary N) is 2.